The fourth-order valence-electron chi connectivity index (χ4n) is 2.50. The summed E-state index contributed by atoms with van der Waals surface area (Å²) in [6, 6.07) is 0. The van der Waals surface area contributed by atoms with Gasteiger partial charge >= 0.3 is 5.97 Å². The van der Waals surface area contributed by atoms with Crippen LogP contribution in [0.4, 0.5) is 0 Å². The maximum Gasteiger partial charge on any atom is 0.304 e. The zero-order chi connectivity index (χ0) is 16.5. The van der Waals surface area contributed by atoms with E-state index in [1.807, 2.05) is 0 Å². The van der Waals surface area contributed by atoms with Gasteiger partial charge in [0, 0.05) is 13.0 Å². The zero-order valence-corrected chi connectivity index (χ0v) is 14.4. The van der Waals surface area contributed by atoms with Crippen LogP contribution in [0.3, 0.4) is 0 Å². The monoisotopic (exact) mass is 313 g/mol. The van der Waals surface area contributed by atoms with Crippen LogP contribution in [0.15, 0.2) is 0 Å². The van der Waals surface area contributed by atoms with E-state index in [-0.39, 0.29) is 12.2 Å². The second kappa shape index (κ2) is 16.5. The van der Waals surface area contributed by atoms with Crippen molar-refractivity contribution in [2.75, 3.05) is 13.1 Å². The van der Waals surface area contributed by atoms with Gasteiger partial charge in [0.15, 0.2) is 0 Å². The summed E-state index contributed by atoms with van der Waals surface area (Å²) in [5.74, 6) is -0.633. The SMILES string of the molecule is CCCCCCCCCCCCCC(=O)CNCCC(=O)O. The van der Waals surface area contributed by atoms with E-state index < -0.39 is 5.97 Å². The molecule has 22 heavy (non-hydrogen) atoms. The molecule has 0 fully saturated rings. The van der Waals surface area contributed by atoms with Gasteiger partial charge in [0.1, 0.15) is 5.78 Å². The number of unbranched alkanes of at least 4 members (excludes halogenated alkanes) is 10. The molecule has 0 saturated heterocycles. The first-order valence-corrected chi connectivity index (χ1v) is 9.11. The van der Waals surface area contributed by atoms with E-state index in [0.29, 0.717) is 19.5 Å². The van der Waals surface area contributed by atoms with Crippen molar-refractivity contribution in [3.63, 3.8) is 0 Å². The lowest BCUT2D eigenvalue weighted by atomic mass is 10.0. The van der Waals surface area contributed by atoms with Crippen molar-refractivity contribution >= 4 is 11.8 Å². The van der Waals surface area contributed by atoms with Crippen molar-refractivity contribution in [2.24, 2.45) is 0 Å². The highest BCUT2D eigenvalue weighted by Gasteiger charge is 2.02. The van der Waals surface area contributed by atoms with Crippen LogP contribution >= 0.6 is 0 Å². The predicted molar refractivity (Wildman–Crippen MR) is 91.2 cm³/mol. The van der Waals surface area contributed by atoms with E-state index in [4.69, 9.17) is 5.11 Å². The molecule has 0 amide bonds. The molecule has 0 spiro atoms. The van der Waals surface area contributed by atoms with Crippen molar-refractivity contribution in [1.29, 1.82) is 0 Å². The fourth-order valence-corrected chi connectivity index (χ4v) is 2.50. The molecule has 130 valence electrons. The molecule has 0 unspecified atom stereocenters. The van der Waals surface area contributed by atoms with Crippen LogP contribution in [-0.4, -0.2) is 29.9 Å². The van der Waals surface area contributed by atoms with E-state index in [1.165, 1.54) is 57.8 Å². The third kappa shape index (κ3) is 17.2. The fraction of sp³-hybridized carbons (Fsp3) is 0.889. The third-order valence-corrected chi connectivity index (χ3v) is 3.90. The summed E-state index contributed by atoms with van der Waals surface area (Å²) in [7, 11) is 0. The van der Waals surface area contributed by atoms with E-state index in [9.17, 15) is 9.59 Å². The van der Waals surface area contributed by atoms with Crippen LogP contribution in [0.2, 0.25) is 0 Å². The summed E-state index contributed by atoms with van der Waals surface area (Å²) < 4.78 is 0. The molecule has 0 radical (unpaired) electrons. The lowest BCUT2D eigenvalue weighted by molar-refractivity contribution is -0.137. The Morgan fingerprint density at radius 3 is 1.77 bits per heavy atom. The lowest BCUT2D eigenvalue weighted by Gasteiger charge is -2.04. The topological polar surface area (TPSA) is 66.4 Å². The number of carboxylic acids is 1. The van der Waals surface area contributed by atoms with E-state index in [0.717, 1.165) is 12.8 Å². The summed E-state index contributed by atoms with van der Waals surface area (Å²) in [6.45, 7) is 2.93. The highest BCUT2D eigenvalue weighted by atomic mass is 16.4. The molecular weight excluding hydrogens is 278 g/mol. The number of carbonyl (C=O) groups excluding carboxylic acids is 1. The second-order valence-corrected chi connectivity index (χ2v) is 6.14. The minimum atomic E-state index is -0.828. The van der Waals surface area contributed by atoms with E-state index in [2.05, 4.69) is 12.2 Å². The first kappa shape index (κ1) is 21.1. The number of Topliss-reactive ketones (excluding diaryl/α,β-unsaturated/α-hetero) is 1. The average Bonchev–Trinajstić information content (AvgIpc) is 2.49. The molecular formula is C18H35NO3. The Morgan fingerprint density at radius 1 is 0.773 bits per heavy atom. The molecule has 0 aromatic heterocycles. The van der Waals surface area contributed by atoms with Gasteiger partial charge in [-0.05, 0) is 6.42 Å². The van der Waals surface area contributed by atoms with E-state index in [1.54, 1.807) is 0 Å². The normalized spacial score (nSPS) is 10.8. The molecule has 4 nitrogen and oxygen atoms in total. The number of carboxylic acid groups (broad SMARTS) is 1. The Bertz CT molecular complexity index is 280. The molecule has 0 aliphatic heterocycles. The molecule has 0 saturated carbocycles. The van der Waals surface area contributed by atoms with Crippen molar-refractivity contribution in [2.45, 2.75) is 90.4 Å². The van der Waals surface area contributed by atoms with Gasteiger partial charge < -0.3 is 10.4 Å². The molecule has 0 heterocycles. The van der Waals surface area contributed by atoms with Crippen LogP contribution < -0.4 is 5.32 Å². The van der Waals surface area contributed by atoms with Gasteiger partial charge in [-0.1, -0.05) is 71.1 Å². The summed E-state index contributed by atoms with van der Waals surface area (Å²) in [5.41, 5.74) is 0. The predicted octanol–water partition coefficient (Wildman–Crippen LogP) is 4.32. The number of ketones is 1. The van der Waals surface area contributed by atoms with Crippen LogP contribution in [0, 0.1) is 0 Å². The number of carbonyl (C=O) groups is 2. The van der Waals surface area contributed by atoms with Crippen molar-refractivity contribution in [1.82, 2.24) is 5.32 Å². The molecule has 0 rings (SSSR count). The quantitative estimate of drug-likeness (QED) is 0.392. The Balaban J connectivity index is 3.15. The van der Waals surface area contributed by atoms with Crippen molar-refractivity contribution < 1.29 is 14.7 Å². The standard InChI is InChI=1S/C18H35NO3/c1-2-3-4-5-6-7-8-9-10-11-12-13-17(20)16-19-15-14-18(21)22/h19H,2-16H2,1H3,(H,21,22). The molecule has 0 atom stereocenters. The number of rotatable bonds is 17. The van der Waals surface area contributed by atoms with Gasteiger partial charge in [-0.15, -0.1) is 0 Å². The van der Waals surface area contributed by atoms with Crippen molar-refractivity contribution in [3.8, 4) is 0 Å². The summed E-state index contributed by atoms with van der Waals surface area (Å²) in [4.78, 5) is 21.8. The van der Waals surface area contributed by atoms with Gasteiger partial charge in [-0.2, -0.15) is 0 Å². The highest BCUT2D eigenvalue weighted by molar-refractivity contribution is 5.80. The molecule has 0 bridgehead atoms. The Labute approximate surface area is 136 Å². The molecule has 0 aliphatic carbocycles. The molecule has 0 aliphatic rings. The number of aliphatic carboxylic acids is 1. The number of hydrogen-bond acceptors (Lipinski definition) is 3. The molecule has 4 heteroatoms. The largest absolute Gasteiger partial charge is 0.481 e. The van der Waals surface area contributed by atoms with Crippen LogP contribution in [0.5, 0.6) is 0 Å². The maximum atomic E-state index is 11.5. The van der Waals surface area contributed by atoms with Gasteiger partial charge in [0.05, 0.1) is 13.0 Å². The molecule has 0 aromatic rings. The van der Waals surface area contributed by atoms with Gasteiger partial charge in [0.25, 0.3) is 0 Å². The van der Waals surface area contributed by atoms with Crippen LogP contribution in [0.25, 0.3) is 0 Å². The van der Waals surface area contributed by atoms with E-state index >= 15 is 0 Å². The molecule has 2 N–H and O–H groups in total. The minimum Gasteiger partial charge on any atom is -0.481 e. The maximum absolute atomic E-state index is 11.5. The Kier molecular flexibility index (Phi) is 15.8. The Morgan fingerprint density at radius 2 is 1.27 bits per heavy atom. The van der Waals surface area contributed by atoms with Gasteiger partial charge in [-0.25, -0.2) is 0 Å². The highest BCUT2D eigenvalue weighted by Crippen LogP contribution is 2.11. The third-order valence-electron chi connectivity index (χ3n) is 3.90. The lowest BCUT2D eigenvalue weighted by Crippen LogP contribution is -2.25. The Hall–Kier alpha value is -0.900. The molecule has 0 aromatic carbocycles. The zero-order valence-electron chi connectivity index (χ0n) is 14.4. The van der Waals surface area contributed by atoms with Crippen LogP contribution in [0.1, 0.15) is 90.4 Å². The van der Waals surface area contributed by atoms with Crippen molar-refractivity contribution in [3.05, 3.63) is 0 Å². The van der Waals surface area contributed by atoms with Gasteiger partial charge in [-0.3, -0.25) is 9.59 Å². The first-order valence-electron chi connectivity index (χ1n) is 9.11. The summed E-state index contributed by atoms with van der Waals surface area (Å²) in [5, 5.41) is 11.3. The summed E-state index contributed by atoms with van der Waals surface area (Å²) >= 11 is 0. The second-order valence-electron chi connectivity index (χ2n) is 6.14. The average molecular weight is 313 g/mol. The summed E-state index contributed by atoms with van der Waals surface area (Å²) in [6.07, 6.45) is 14.8. The number of nitrogens with one attached hydrogen (secondary N) is 1. The number of hydrogen-bond donors (Lipinski definition) is 2. The minimum absolute atomic E-state index is 0.0751. The smallest absolute Gasteiger partial charge is 0.304 e. The first-order chi connectivity index (χ1) is 10.7. The van der Waals surface area contributed by atoms with Crippen LogP contribution in [-0.2, 0) is 9.59 Å². The van der Waals surface area contributed by atoms with Gasteiger partial charge in [0.2, 0.25) is 0 Å².